The van der Waals surface area contributed by atoms with Gasteiger partial charge in [0, 0.05) is 5.56 Å². The molecule has 2 aromatic rings. The Kier molecular flexibility index (Phi) is 2.11. The highest BCUT2D eigenvalue weighted by Crippen LogP contribution is 2.15. The quantitative estimate of drug-likeness (QED) is 0.625. The maximum Gasteiger partial charge on any atom is 0.276 e. The third-order valence-corrected chi connectivity index (χ3v) is 2.14. The smallest absolute Gasteiger partial charge is 0.267 e. The summed E-state index contributed by atoms with van der Waals surface area (Å²) in [4.78, 5) is 14.6. The van der Waals surface area contributed by atoms with E-state index in [-0.39, 0.29) is 5.91 Å². The maximum atomic E-state index is 11.2. The van der Waals surface area contributed by atoms with E-state index in [0.29, 0.717) is 5.56 Å². The minimum absolute atomic E-state index is 0.282. The van der Waals surface area contributed by atoms with E-state index in [2.05, 4.69) is 11.7 Å². The van der Waals surface area contributed by atoms with Crippen molar-refractivity contribution in [3.63, 3.8) is 0 Å². The molecule has 14 heavy (non-hydrogen) atoms. The van der Waals surface area contributed by atoms with Crippen molar-refractivity contribution in [2.24, 2.45) is 4.99 Å². The fraction of sp³-hybridized carbons (Fsp3) is 0. The van der Waals surface area contributed by atoms with Crippen LogP contribution >= 0.6 is 0 Å². The predicted octanol–water partition coefficient (Wildman–Crippen LogP) is 2.68. The summed E-state index contributed by atoms with van der Waals surface area (Å²) in [6.45, 7) is 3.22. The fourth-order valence-electron chi connectivity index (χ4n) is 1.41. The Balaban J connectivity index is 2.62. The van der Waals surface area contributed by atoms with Crippen molar-refractivity contribution < 1.29 is 4.79 Å². The molecule has 0 unspecified atom stereocenters. The number of aliphatic imine (C=N–C) groups is 1. The van der Waals surface area contributed by atoms with Crippen LogP contribution in [0, 0.1) is 0 Å². The number of hydrogen-bond donors (Lipinski definition) is 0. The van der Waals surface area contributed by atoms with Gasteiger partial charge in [0.15, 0.2) is 0 Å². The highest BCUT2D eigenvalue weighted by molar-refractivity contribution is 6.00. The molecule has 0 aliphatic carbocycles. The largest absolute Gasteiger partial charge is 0.276 e. The first-order valence-corrected chi connectivity index (χ1v) is 4.31. The highest BCUT2D eigenvalue weighted by Gasteiger charge is 2.02. The second-order valence-corrected chi connectivity index (χ2v) is 3.03. The van der Waals surface area contributed by atoms with E-state index in [4.69, 9.17) is 0 Å². The summed E-state index contributed by atoms with van der Waals surface area (Å²) in [5, 5.41) is 2.16. The van der Waals surface area contributed by atoms with Gasteiger partial charge >= 0.3 is 0 Å². The number of carbonyl (C=O) groups is 1. The standard InChI is InChI=1S/C12H9NO/c1-13-12(14)11-7-6-9-4-2-3-5-10(9)8-11/h2-8H,1H2. The average molecular weight is 183 g/mol. The van der Waals surface area contributed by atoms with Crippen LogP contribution in [-0.2, 0) is 0 Å². The third-order valence-electron chi connectivity index (χ3n) is 2.14. The molecule has 2 heteroatoms. The van der Waals surface area contributed by atoms with Gasteiger partial charge in [-0.1, -0.05) is 30.3 Å². The van der Waals surface area contributed by atoms with Gasteiger partial charge in [0.1, 0.15) is 0 Å². The summed E-state index contributed by atoms with van der Waals surface area (Å²) in [5.74, 6) is -0.282. The number of hydrogen-bond acceptors (Lipinski definition) is 1. The number of fused-ring (bicyclic) bond motifs is 1. The van der Waals surface area contributed by atoms with Crippen molar-refractivity contribution in [3.05, 3.63) is 48.0 Å². The molecular weight excluding hydrogens is 174 g/mol. The zero-order valence-electron chi connectivity index (χ0n) is 7.60. The molecule has 0 N–H and O–H groups in total. The Morgan fingerprint density at radius 2 is 1.79 bits per heavy atom. The Bertz CT molecular complexity index is 502. The average Bonchev–Trinajstić information content (AvgIpc) is 2.27. The second kappa shape index (κ2) is 3.42. The molecule has 0 atom stereocenters. The molecule has 0 saturated heterocycles. The first kappa shape index (κ1) is 8.63. The molecule has 2 rings (SSSR count). The summed E-state index contributed by atoms with van der Waals surface area (Å²) in [7, 11) is 0. The minimum Gasteiger partial charge on any atom is -0.267 e. The van der Waals surface area contributed by atoms with E-state index in [1.807, 2.05) is 36.4 Å². The first-order valence-electron chi connectivity index (χ1n) is 4.31. The number of benzene rings is 2. The van der Waals surface area contributed by atoms with Crippen LogP contribution in [-0.4, -0.2) is 12.6 Å². The van der Waals surface area contributed by atoms with E-state index in [1.54, 1.807) is 6.07 Å². The van der Waals surface area contributed by atoms with E-state index in [0.717, 1.165) is 10.8 Å². The zero-order valence-corrected chi connectivity index (χ0v) is 7.60. The molecule has 0 spiro atoms. The lowest BCUT2D eigenvalue weighted by Gasteiger charge is -1.98. The van der Waals surface area contributed by atoms with Gasteiger partial charge in [0.25, 0.3) is 5.91 Å². The fourth-order valence-corrected chi connectivity index (χ4v) is 1.41. The molecule has 0 aliphatic heterocycles. The molecule has 2 nitrogen and oxygen atoms in total. The lowest BCUT2D eigenvalue weighted by Crippen LogP contribution is -1.92. The zero-order chi connectivity index (χ0) is 9.97. The van der Waals surface area contributed by atoms with Crippen LogP contribution in [0.2, 0.25) is 0 Å². The number of carbonyl (C=O) groups excluding carboxylic acids is 1. The molecule has 0 heterocycles. The van der Waals surface area contributed by atoms with Crippen molar-refractivity contribution in [2.45, 2.75) is 0 Å². The van der Waals surface area contributed by atoms with Gasteiger partial charge in [-0.15, -0.1) is 0 Å². The van der Waals surface area contributed by atoms with Crippen molar-refractivity contribution in [1.29, 1.82) is 0 Å². The van der Waals surface area contributed by atoms with Crippen molar-refractivity contribution >= 4 is 23.4 Å². The molecule has 0 fully saturated rings. The molecule has 1 amide bonds. The molecule has 0 aliphatic rings. The lowest BCUT2D eigenvalue weighted by molar-refractivity contribution is 0.100. The van der Waals surface area contributed by atoms with E-state index >= 15 is 0 Å². The Morgan fingerprint density at radius 1 is 1.07 bits per heavy atom. The van der Waals surface area contributed by atoms with Gasteiger partial charge in [-0.3, -0.25) is 4.79 Å². The van der Waals surface area contributed by atoms with Crippen LogP contribution in [0.15, 0.2) is 47.5 Å². The molecule has 2 aromatic carbocycles. The number of amides is 1. The van der Waals surface area contributed by atoms with E-state index < -0.39 is 0 Å². The normalized spacial score (nSPS) is 10.0. The topological polar surface area (TPSA) is 29.4 Å². The minimum atomic E-state index is -0.282. The Morgan fingerprint density at radius 3 is 2.50 bits per heavy atom. The predicted molar refractivity (Wildman–Crippen MR) is 57.8 cm³/mol. The molecule has 0 bridgehead atoms. The molecular formula is C12H9NO. The monoisotopic (exact) mass is 183 g/mol. The van der Waals surface area contributed by atoms with E-state index in [1.165, 1.54) is 0 Å². The highest BCUT2D eigenvalue weighted by atomic mass is 16.1. The summed E-state index contributed by atoms with van der Waals surface area (Å²) in [6, 6.07) is 13.4. The van der Waals surface area contributed by atoms with Gasteiger partial charge < -0.3 is 0 Å². The number of nitrogens with zero attached hydrogens (tertiary/aromatic N) is 1. The van der Waals surface area contributed by atoms with Gasteiger partial charge in [-0.05, 0) is 29.6 Å². The van der Waals surface area contributed by atoms with Crippen LogP contribution in [0.25, 0.3) is 10.8 Å². The molecule has 0 saturated carbocycles. The summed E-state index contributed by atoms with van der Waals surface area (Å²) >= 11 is 0. The van der Waals surface area contributed by atoms with Crippen molar-refractivity contribution in [3.8, 4) is 0 Å². The van der Waals surface area contributed by atoms with E-state index in [9.17, 15) is 4.79 Å². The second-order valence-electron chi connectivity index (χ2n) is 3.03. The molecule has 68 valence electrons. The summed E-state index contributed by atoms with van der Waals surface area (Å²) < 4.78 is 0. The third kappa shape index (κ3) is 1.42. The van der Waals surface area contributed by atoms with Crippen LogP contribution in [0.4, 0.5) is 0 Å². The molecule has 0 radical (unpaired) electrons. The molecule has 0 aromatic heterocycles. The van der Waals surface area contributed by atoms with Gasteiger partial charge in [0.2, 0.25) is 0 Å². The first-order chi connectivity index (χ1) is 6.81. The van der Waals surface area contributed by atoms with Gasteiger partial charge in [0.05, 0.1) is 0 Å². The Labute approximate surface area is 81.9 Å². The Hall–Kier alpha value is -1.96. The van der Waals surface area contributed by atoms with Crippen LogP contribution in [0.1, 0.15) is 10.4 Å². The van der Waals surface area contributed by atoms with Gasteiger partial charge in [-0.25, -0.2) is 4.99 Å². The van der Waals surface area contributed by atoms with Crippen molar-refractivity contribution in [2.75, 3.05) is 0 Å². The van der Waals surface area contributed by atoms with Crippen molar-refractivity contribution in [1.82, 2.24) is 0 Å². The lowest BCUT2D eigenvalue weighted by atomic mass is 10.1. The summed E-state index contributed by atoms with van der Waals surface area (Å²) in [6.07, 6.45) is 0. The summed E-state index contributed by atoms with van der Waals surface area (Å²) in [5.41, 5.74) is 0.582. The number of rotatable bonds is 1. The SMILES string of the molecule is C=NC(=O)c1ccc2ccccc2c1. The van der Waals surface area contributed by atoms with Crippen LogP contribution in [0.5, 0.6) is 0 Å². The van der Waals surface area contributed by atoms with Gasteiger partial charge in [-0.2, -0.15) is 0 Å². The maximum absolute atomic E-state index is 11.2. The van der Waals surface area contributed by atoms with Crippen LogP contribution in [0.3, 0.4) is 0 Å². The van der Waals surface area contributed by atoms with Crippen LogP contribution < -0.4 is 0 Å².